The largest absolute Gasteiger partial charge is 0.353 e. The molecule has 3 aromatic heterocycles. The van der Waals surface area contributed by atoms with E-state index in [2.05, 4.69) is 40.9 Å². The van der Waals surface area contributed by atoms with E-state index in [0.717, 1.165) is 37.8 Å². The highest BCUT2D eigenvalue weighted by atomic mass is 15.3. The molecule has 0 radical (unpaired) electrons. The Hall–Kier alpha value is -3.54. The van der Waals surface area contributed by atoms with Crippen molar-refractivity contribution in [2.45, 2.75) is 6.92 Å². The maximum Gasteiger partial charge on any atom is 0.183 e. The zero-order valence-electron chi connectivity index (χ0n) is 14.3. The Morgan fingerprint density at radius 1 is 0.962 bits per heavy atom. The highest BCUT2D eigenvalue weighted by Crippen LogP contribution is 2.20. The summed E-state index contributed by atoms with van der Waals surface area (Å²) in [6.45, 7) is 4.92. The maximum atomic E-state index is 9.22. The summed E-state index contributed by atoms with van der Waals surface area (Å²) in [7, 11) is 0. The smallest absolute Gasteiger partial charge is 0.183 e. The van der Waals surface area contributed by atoms with Crippen molar-refractivity contribution in [1.29, 1.82) is 5.26 Å². The topological polar surface area (TPSA) is 99.7 Å². The lowest BCUT2D eigenvalue weighted by Gasteiger charge is -2.36. The van der Waals surface area contributed by atoms with Crippen LogP contribution in [0.1, 0.15) is 11.5 Å². The van der Waals surface area contributed by atoms with E-state index in [1.807, 2.05) is 25.3 Å². The second kappa shape index (κ2) is 6.76. The average Bonchev–Trinajstić information content (AvgIpc) is 3.22. The van der Waals surface area contributed by atoms with E-state index in [9.17, 15) is 5.26 Å². The van der Waals surface area contributed by atoms with Crippen molar-refractivity contribution in [2.24, 2.45) is 0 Å². The van der Waals surface area contributed by atoms with Crippen molar-refractivity contribution in [2.75, 3.05) is 36.0 Å². The van der Waals surface area contributed by atoms with E-state index in [1.165, 1.54) is 0 Å². The monoisotopic (exact) mass is 347 g/mol. The fourth-order valence-corrected chi connectivity index (χ4v) is 3.01. The fourth-order valence-electron chi connectivity index (χ4n) is 3.01. The van der Waals surface area contributed by atoms with Crippen molar-refractivity contribution in [3.05, 3.63) is 48.4 Å². The molecule has 0 atom stereocenters. The summed E-state index contributed by atoms with van der Waals surface area (Å²) in [4.78, 5) is 21.7. The SMILES string of the molecule is Cc1nc(N2CCN(c3nccnc3C#N)CC2)cc(-n2cccn2)n1. The molecule has 0 saturated carbocycles. The number of anilines is 2. The van der Waals surface area contributed by atoms with Gasteiger partial charge in [-0.25, -0.2) is 24.6 Å². The van der Waals surface area contributed by atoms with Crippen molar-refractivity contribution >= 4 is 11.6 Å². The van der Waals surface area contributed by atoms with Gasteiger partial charge in [-0.1, -0.05) is 0 Å². The summed E-state index contributed by atoms with van der Waals surface area (Å²) in [5, 5.41) is 13.5. The summed E-state index contributed by atoms with van der Waals surface area (Å²) in [5.74, 6) is 2.98. The molecule has 1 fully saturated rings. The molecule has 3 aromatic rings. The fraction of sp³-hybridized carbons (Fsp3) is 0.294. The Balaban J connectivity index is 1.53. The zero-order valence-corrected chi connectivity index (χ0v) is 14.3. The molecule has 0 bridgehead atoms. The van der Waals surface area contributed by atoms with E-state index in [-0.39, 0.29) is 0 Å². The molecule has 0 aromatic carbocycles. The summed E-state index contributed by atoms with van der Waals surface area (Å²) in [5.41, 5.74) is 0.361. The van der Waals surface area contributed by atoms with Crippen molar-refractivity contribution < 1.29 is 0 Å². The Bertz CT molecular complexity index is 937. The molecule has 1 aliphatic rings. The van der Waals surface area contributed by atoms with E-state index >= 15 is 0 Å². The van der Waals surface area contributed by atoms with Crippen molar-refractivity contribution in [3.63, 3.8) is 0 Å². The Labute approximate surface area is 150 Å². The minimum absolute atomic E-state index is 0.361. The van der Waals surface area contributed by atoms with Gasteiger partial charge < -0.3 is 9.80 Å². The quantitative estimate of drug-likeness (QED) is 0.691. The van der Waals surface area contributed by atoms with Gasteiger partial charge in [-0.05, 0) is 13.0 Å². The summed E-state index contributed by atoms with van der Waals surface area (Å²) < 4.78 is 1.73. The first-order valence-corrected chi connectivity index (χ1v) is 8.31. The molecule has 4 rings (SSSR count). The Morgan fingerprint density at radius 2 is 1.69 bits per heavy atom. The molecule has 9 nitrogen and oxygen atoms in total. The number of rotatable bonds is 3. The van der Waals surface area contributed by atoms with E-state index in [4.69, 9.17) is 0 Å². The lowest BCUT2D eigenvalue weighted by atomic mass is 10.3. The van der Waals surface area contributed by atoms with Crippen LogP contribution in [0.3, 0.4) is 0 Å². The van der Waals surface area contributed by atoms with Gasteiger partial charge in [0, 0.05) is 57.0 Å². The van der Waals surface area contributed by atoms with Gasteiger partial charge in [0.25, 0.3) is 0 Å². The molecule has 0 unspecified atom stereocenters. The standard InChI is InChI=1S/C17H17N9/c1-13-22-15(11-16(23-13)26-6-2-3-21-26)24-7-9-25(10-8-24)17-14(12-18)19-4-5-20-17/h2-6,11H,7-10H2,1H3. The first-order valence-electron chi connectivity index (χ1n) is 8.31. The van der Waals surface area contributed by atoms with Gasteiger partial charge in [0.05, 0.1) is 0 Å². The maximum absolute atomic E-state index is 9.22. The Morgan fingerprint density at radius 3 is 2.42 bits per heavy atom. The van der Waals surface area contributed by atoms with Crippen LogP contribution < -0.4 is 9.80 Å². The van der Waals surface area contributed by atoms with Gasteiger partial charge in [0.15, 0.2) is 17.3 Å². The van der Waals surface area contributed by atoms with Crippen LogP contribution in [0.2, 0.25) is 0 Å². The number of piperazine rings is 1. The van der Waals surface area contributed by atoms with Gasteiger partial charge in [0.2, 0.25) is 0 Å². The van der Waals surface area contributed by atoms with Gasteiger partial charge in [0.1, 0.15) is 17.7 Å². The van der Waals surface area contributed by atoms with E-state index in [0.29, 0.717) is 17.3 Å². The molecule has 26 heavy (non-hydrogen) atoms. The second-order valence-corrected chi connectivity index (χ2v) is 5.90. The number of nitrogens with zero attached hydrogens (tertiary/aromatic N) is 9. The minimum atomic E-state index is 0.361. The molecule has 0 aliphatic carbocycles. The van der Waals surface area contributed by atoms with Crippen LogP contribution in [0.15, 0.2) is 36.9 Å². The number of hydrogen-bond acceptors (Lipinski definition) is 8. The third-order valence-corrected chi connectivity index (χ3v) is 4.24. The van der Waals surface area contributed by atoms with E-state index < -0.39 is 0 Å². The summed E-state index contributed by atoms with van der Waals surface area (Å²) >= 11 is 0. The molecule has 130 valence electrons. The van der Waals surface area contributed by atoms with Crippen molar-refractivity contribution in [3.8, 4) is 11.9 Å². The molecule has 1 saturated heterocycles. The molecule has 0 amide bonds. The highest BCUT2D eigenvalue weighted by Gasteiger charge is 2.22. The highest BCUT2D eigenvalue weighted by molar-refractivity contribution is 5.52. The Kier molecular flexibility index (Phi) is 4.15. The molecule has 0 spiro atoms. The van der Waals surface area contributed by atoms with Gasteiger partial charge in [-0.2, -0.15) is 10.4 Å². The van der Waals surface area contributed by atoms with Crippen LogP contribution in [0.4, 0.5) is 11.6 Å². The van der Waals surface area contributed by atoms with Gasteiger partial charge in [-0.15, -0.1) is 0 Å². The third kappa shape index (κ3) is 3.04. The lowest BCUT2D eigenvalue weighted by Crippen LogP contribution is -2.47. The molecule has 0 N–H and O–H groups in total. The molecule has 1 aliphatic heterocycles. The normalized spacial score (nSPS) is 14.3. The number of nitriles is 1. The predicted molar refractivity (Wildman–Crippen MR) is 95.1 cm³/mol. The summed E-state index contributed by atoms with van der Waals surface area (Å²) in [6.07, 6.45) is 6.75. The van der Waals surface area contributed by atoms with Crippen LogP contribution in [0.25, 0.3) is 5.82 Å². The molecular formula is C17H17N9. The van der Waals surface area contributed by atoms with E-state index in [1.54, 1.807) is 23.3 Å². The minimum Gasteiger partial charge on any atom is -0.353 e. The molecule has 9 heteroatoms. The van der Waals surface area contributed by atoms with Crippen LogP contribution >= 0.6 is 0 Å². The third-order valence-electron chi connectivity index (χ3n) is 4.24. The molecular weight excluding hydrogens is 330 g/mol. The average molecular weight is 347 g/mol. The lowest BCUT2D eigenvalue weighted by molar-refractivity contribution is 0.637. The van der Waals surface area contributed by atoms with Crippen LogP contribution in [-0.2, 0) is 0 Å². The summed E-state index contributed by atoms with van der Waals surface area (Å²) in [6, 6.07) is 5.91. The zero-order chi connectivity index (χ0) is 17.9. The van der Waals surface area contributed by atoms with Gasteiger partial charge in [-0.3, -0.25) is 0 Å². The second-order valence-electron chi connectivity index (χ2n) is 5.90. The van der Waals surface area contributed by atoms with Crippen LogP contribution in [0, 0.1) is 18.3 Å². The van der Waals surface area contributed by atoms with Gasteiger partial charge >= 0.3 is 0 Å². The first-order chi connectivity index (χ1) is 12.7. The first kappa shape index (κ1) is 16.0. The van der Waals surface area contributed by atoms with Crippen molar-refractivity contribution in [1.82, 2.24) is 29.7 Å². The molecule has 4 heterocycles. The predicted octanol–water partition coefficient (Wildman–Crippen LogP) is 0.959. The number of aromatic nitrogens is 6. The number of hydrogen-bond donors (Lipinski definition) is 0. The van der Waals surface area contributed by atoms with Crippen LogP contribution in [-0.4, -0.2) is 55.9 Å². The number of aryl methyl sites for hydroxylation is 1. The van der Waals surface area contributed by atoms with Crippen LogP contribution in [0.5, 0.6) is 0 Å².